The Labute approximate surface area is 162 Å². The molecular formula is C22H33N3O2. The summed E-state index contributed by atoms with van der Waals surface area (Å²) in [5.74, 6) is 0.709. The Morgan fingerprint density at radius 3 is 2.56 bits per heavy atom. The lowest BCUT2D eigenvalue weighted by Gasteiger charge is -2.22. The van der Waals surface area contributed by atoms with Crippen molar-refractivity contribution in [1.29, 1.82) is 0 Å². The molecule has 1 aliphatic heterocycles. The van der Waals surface area contributed by atoms with E-state index in [1.165, 1.54) is 25.7 Å². The maximum Gasteiger partial charge on any atom is 0.253 e. The van der Waals surface area contributed by atoms with Gasteiger partial charge in [-0.15, -0.1) is 0 Å². The molecule has 1 saturated heterocycles. The Bertz CT molecular complexity index is 647. The van der Waals surface area contributed by atoms with Crippen molar-refractivity contribution in [2.24, 2.45) is 5.92 Å². The summed E-state index contributed by atoms with van der Waals surface area (Å²) < 4.78 is 0. The van der Waals surface area contributed by atoms with Gasteiger partial charge in [0.15, 0.2) is 0 Å². The second-order valence-electron chi connectivity index (χ2n) is 7.92. The Hall–Kier alpha value is -2.04. The normalized spacial score (nSPS) is 17.3. The Morgan fingerprint density at radius 1 is 1.11 bits per heavy atom. The maximum absolute atomic E-state index is 12.7. The van der Waals surface area contributed by atoms with Crippen molar-refractivity contribution in [2.75, 3.05) is 29.9 Å². The summed E-state index contributed by atoms with van der Waals surface area (Å²) in [4.78, 5) is 27.3. The van der Waals surface area contributed by atoms with Crippen LogP contribution in [0.15, 0.2) is 18.2 Å². The highest BCUT2D eigenvalue weighted by Gasteiger charge is 2.21. The van der Waals surface area contributed by atoms with Crippen LogP contribution in [0.3, 0.4) is 0 Å². The summed E-state index contributed by atoms with van der Waals surface area (Å²) in [7, 11) is 0. The zero-order valence-corrected chi connectivity index (χ0v) is 16.6. The number of amides is 2. The molecule has 1 aromatic rings. The summed E-state index contributed by atoms with van der Waals surface area (Å²) in [5, 5.41) is 5.97. The lowest BCUT2D eigenvalue weighted by molar-refractivity contribution is -0.116. The number of carbonyl (C=O) groups is 2. The Kier molecular flexibility index (Phi) is 7.13. The van der Waals surface area contributed by atoms with Gasteiger partial charge in [-0.3, -0.25) is 9.59 Å². The molecule has 0 aromatic heterocycles. The van der Waals surface area contributed by atoms with Crippen LogP contribution in [0, 0.1) is 5.92 Å². The van der Waals surface area contributed by atoms with Crippen molar-refractivity contribution in [3.05, 3.63) is 23.8 Å². The van der Waals surface area contributed by atoms with Crippen LogP contribution in [0.25, 0.3) is 0 Å². The third-order valence-corrected chi connectivity index (χ3v) is 5.76. The molecule has 5 heteroatoms. The van der Waals surface area contributed by atoms with Gasteiger partial charge in [0.25, 0.3) is 5.91 Å². The van der Waals surface area contributed by atoms with Gasteiger partial charge < -0.3 is 15.5 Å². The highest BCUT2D eigenvalue weighted by atomic mass is 16.2. The Morgan fingerprint density at radius 2 is 1.85 bits per heavy atom. The predicted molar refractivity (Wildman–Crippen MR) is 110 cm³/mol. The lowest BCUT2D eigenvalue weighted by atomic mass is 10.0. The van der Waals surface area contributed by atoms with E-state index in [0.29, 0.717) is 24.4 Å². The number of nitrogens with zero attached hydrogens (tertiary/aromatic N) is 1. The van der Waals surface area contributed by atoms with E-state index >= 15 is 0 Å². The summed E-state index contributed by atoms with van der Waals surface area (Å²) >= 11 is 0. The molecule has 0 atom stereocenters. The van der Waals surface area contributed by atoms with Gasteiger partial charge in [0.1, 0.15) is 0 Å². The fourth-order valence-corrected chi connectivity index (χ4v) is 4.22. The largest absolute Gasteiger partial charge is 0.371 e. The summed E-state index contributed by atoms with van der Waals surface area (Å²) in [5.41, 5.74) is 2.36. The fourth-order valence-electron chi connectivity index (χ4n) is 4.22. The van der Waals surface area contributed by atoms with Gasteiger partial charge in [0.05, 0.1) is 5.56 Å². The van der Waals surface area contributed by atoms with E-state index in [1.807, 2.05) is 25.1 Å². The number of hydrogen-bond acceptors (Lipinski definition) is 3. The third-order valence-electron chi connectivity index (χ3n) is 5.76. The monoisotopic (exact) mass is 371 g/mol. The molecule has 27 heavy (non-hydrogen) atoms. The van der Waals surface area contributed by atoms with Crippen molar-refractivity contribution in [3.63, 3.8) is 0 Å². The first-order valence-electron chi connectivity index (χ1n) is 10.6. The van der Waals surface area contributed by atoms with Crippen molar-refractivity contribution in [3.8, 4) is 0 Å². The first-order chi connectivity index (χ1) is 13.2. The van der Waals surface area contributed by atoms with E-state index in [9.17, 15) is 9.59 Å². The van der Waals surface area contributed by atoms with Crippen molar-refractivity contribution < 1.29 is 9.59 Å². The van der Waals surface area contributed by atoms with Crippen LogP contribution in [0.2, 0.25) is 0 Å². The van der Waals surface area contributed by atoms with Crippen LogP contribution in [0.1, 0.15) is 75.1 Å². The molecule has 0 bridgehead atoms. The van der Waals surface area contributed by atoms with E-state index in [4.69, 9.17) is 0 Å². The van der Waals surface area contributed by atoms with Gasteiger partial charge in [0.2, 0.25) is 5.91 Å². The van der Waals surface area contributed by atoms with Crippen LogP contribution in [0.4, 0.5) is 11.4 Å². The molecule has 1 saturated carbocycles. The second kappa shape index (κ2) is 9.77. The maximum atomic E-state index is 12.7. The summed E-state index contributed by atoms with van der Waals surface area (Å²) in [6.45, 7) is 4.68. The van der Waals surface area contributed by atoms with Gasteiger partial charge in [-0.25, -0.2) is 0 Å². The average molecular weight is 372 g/mol. The number of carbonyl (C=O) groups excluding carboxylic acids is 2. The topological polar surface area (TPSA) is 61.4 Å². The van der Waals surface area contributed by atoms with Gasteiger partial charge in [-0.2, -0.15) is 0 Å². The van der Waals surface area contributed by atoms with Crippen molar-refractivity contribution >= 4 is 23.2 Å². The standard InChI is InChI=1S/C22H33N3O2/c1-2-13-23-22(27)19-16-18(10-11-20(19)25-14-5-6-15-25)24-21(26)12-9-17-7-3-4-8-17/h10-11,16-17H,2-9,12-15H2,1H3,(H,23,27)(H,24,26). The summed E-state index contributed by atoms with van der Waals surface area (Å²) in [6.07, 6.45) is 9.91. The van der Waals surface area contributed by atoms with Crippen LogP contribution in [-0.2, 0) is 4.79 Å². The first-order valence-corrected chi connectivity index (χ1v) is 10.6. The van der Waals surface area contributed by atoms with E-state index in [0.717, 1.165) is 50.1 Å². The third kappa shape index (κ3) is 5.47. The molecule has 0 unspecified atom stereocenters. The molecule has 2 amide bonds. The molecular weight excluding hydrogens is 338 g/mol. The smallest absolute Gasteiger partial charge is 0.253 e. The number of rotatable bonds is 8. The molecule has 0 radical (unpaired) electrons. The molecule has 3 rings (SSSR count). The molecule has 2 aliphatic rings. The molecule has 1 aliphatic carbocycles. The quantitative estimate of drug-likeness (QED) is 0.715. The van der Waals surface area contributed by atoms with Crippen LogP contribution >= 0.6 is 0 Å². The molecule has 2 N–H and O–H groups in total. The predicted octanol–water partition coefficient (Wildman–Crippen LogP) is 4.34. The average Bonchev–Trinajstić information content (AvgIpc) is 3.38. The molecule has 148 valence electrons. The minimum absolute atomic E-state index is 0.0516. The van der Waals surface area contributed by atoms with Gasteiger partial charge in [-0.05, 0) is 49.8 Å². The first kappa shape index (κ1) is 19.7. The minimum atomic E-state index is -0.0548. The van der Waals surface area contributed by atoms with Crippen LogP contribution < -0.4 is 15.5 Å². The highest BCUT2D eigenvalue weighted by Crippen LogP contribution is 2.30. The lowest BCUT2D eigenvalue weighted by Crippen LogP contribution is -2.28. The number of benzene rings is 1. The van der Waals surface area contributed by atoms with Crippen LogP contribution in [0.5, 0.6) is 0 Å². The SMILES string of the molecule is CCCNC(=O)c1cc(NC(=O)CCC2CCCC2)ccc1N1CCCC1. The molecule has 1 aromatic carbocycles. The minimum Gasteiger partial charge on any atom is -0.371 e. The molecule has 2 fully saturated rings. The van der Waals surface area contributed by atoms with Gasteiger partial charge in [0, 0.05) is 37.4 Å². The summed E-state index contributed by atoms with van der Waals surface area (Å²) in [6, 6.07) is 5.75. The Balaban J connectivity index is 1.67. The molecule has 0 spiro atoms. The fraction of sp³-hybridized carbons (Fsp3) is 0.636. The second-order valence-corrected chi connectivity index (χ2v) is 7.92. The molecule has 5 nitrogen and oxygen atoms in total. The number of anilines is 2. The zero-order valence-electron chi connectivity index (χ0n) is 16.6. The van der Waals surface area contributed by atoms with Crippen molar-refractivity contribution in [1.82, 2.24) is 5.32 Å². The van der Waals surface area contributed by atoms with E-state index in [1.54, 1.807) is 0 Å². The van der Waals surface area contributed by atoms with E-state index < -0.39 is 0 Å². The number of hydrogen-bond donors (Lipinski definition) is 2. The van der Waals surface area contributed by atoms with Crippen LogP contribution in [-0.4, -0.2) is 31.4 Å². The van der Waals surface area contributed by atoms with Gasteiger partial charge >= 0.3 is 0 Å². The van der Waals surface area contributed by atoms with E-state index in [2.05, 4.69) is 15.5 Å². The highest BCUT2D eigenvalue weighted by molar-refractivity contribution is 6.02. The van der Waals surface area contributed by atoms with Gasteiger partial charge in [-0.1, -0.05) is 32.6 Å². The zero-order chi connectivity index (χ0) is 19.1. The molecule has 1 heterocycles. The number of nitrogens with one attached hydrogen (secondary N) is 2. The van der Waals surface area contributed by atoms with E-state index in [-0.39, 0.29) is 11.8 Å². The van der Waals surface area contributed by atoms with Crippen molar-refractivity contribution in [2.45, 2.75) is 64.7 Å².